The van der Waals surface area contributed by atoms with E-state index in [1.165, 1.54) is 5.56 Å². The minimum atomic E-state index is 0.0149. The Kier molecular flexibility index (Phi) is 6.21. The van der Waals surface area contributed by atoms with Crippen LogP contribution in [0, 0.1) is 5.92 Å². The standard InChI is InChI=1S/C22H28N2O/c1-2-7-21(20-9-4-3-5-10-20)22(25)24-14-11-18(12-15-24)16-19-8-6-13-23-17-19/h3-6,8-10,13,17-18,21H,2,7,11-12,14-16H2,1H3/t21-/m0/s1. The van der Waals surface area contributed by atoms with E-state index in [9.17, 15) is 4.79 Å². The maximum absolute atomic E-state index is 13.1. The molecule has 1 aliphatic heterocycles. The van der Waals surface area contributed by atoms with Crippen LogP contribution in [0.15, 0.2) is 54.9 Å². The number of pyridine rings is 1. The fourth-order valence-electron chi connectivity index (χ4n) is 3.84. The summed E-state index contributed by atoms with van der Waals surface area (Å²) in [5.41, 5.74) is 2.47. The molecule has 1 amide bonds. The molecule has 25 heavy (non-hydrogen) atoms. The highest BCUT2D eigenvalue weighted by Gasteiger charge is 2.28. The molecule has 2 aromatic rings. The predicted molar refractivity (Wildman–Crippen MR) is 101 cm³/mol. The van der Waals surface area contributed by atoms with Gasteiger partial charge in [0, 0.05) is 25.5 Å². The molecule has 1 aliphatic rings. The van der Waals surface area contributed by atoms with Crippen molar-refractivity contribution in [2.24, 2.45) is 5.92 Å². The van der Waals surface area contributed by atoms with E-state index in [0.29, 0.717) is 11.8 Å². The van der Waals surface area contributed by atoms with Crippen LogP contribution in [0.2, 0.25) is 0 Å². The Balaban J connectivity index is 1.58. The number of likely N-dealkylation sites (tertiary alicyclic amines) is 1. The molecule has 0 N–H and O–H groups in total. The molecule has 3 nitrogen and oxygen atoms in total. The highest BCUT2D eigenvalue weighted by atomic mass is 16.2. The molecule has 132 valence electrons. The molecule has 1 saturated heterocycles. The molecule has 0 aliphatic carbocycles. The van der Waals surface area contributed by atoms with Crippen LogP contribution in [0.25, 0.3) is 0 Å². The zero-order chi connectivity index (χ0) is 17.5. The van der Waals surface area contributed by atoms with Crippen molar-refractivity contribution in [3.8, 4) is 0 Å². The van der Waals surface area contributed by atoms with Crippen molar-refractivity contribution in [3.63, 3.8) is 0 Å². The van der Waals surface area contributed by atoms with Crippen molar-refractivity contribution >= 4 is 5.91 Å². The lowest BCUT2D eigenvalue weighted by molar-refractivity contribution is -0.134. The summed E-state index contributed by atoms with van der Waals surface area (Å²) in [6.45, 7) is 3.93. The van der Waals surface area contributed by atoms with Crippen LogP contribution < -0.4 is 0 Å². The van der Waals surface area contributed by atoms with E-state index < -0.39 is 0 Å². The van der Waals surface area contributed by atoms with Crippen molar-refractivity contribution in [1.29, 1.82) is 0 Å². The Bertz CT molecular complexity index is 648. The van der Waals surface area contributed by atoms with Gasteiger partial charge in [-0.15, -0.1) is 0 Å². The second-order valence-electron chi connectivity index (χ2n) is 7.09. The normalized spacial score (nSPS) is 16.6. The largest absolute Gasteiger partial charge is 0.342 e. The number of benzene rings is 1. The number of rotatable bonds is 6. The summed E-state index contributed by atoms with van der Waals surface area (Å²) in [5, 5.41) is 0. The summed E-state index contributed by atoms with van der Waals surface area (Å²) in [7, 11) is 0. The van der Waals surface area contributed by atoms with Gasteiger partial charge < -0.3 is 4.90 Å². The van der Waals surface area contributed by atoms with Crippen LogP contribution in [-0.4, -0.2) is 28.9 Å². The molecule has 3 rings (SSSR count). The molecule has 2 heterocycles. The minimum absolute atomic E-state index is 0.0149. The highest BCUT2D eigenvalue weighted by molar-refractivity contribution is 5.83. The monoisotopic (exact) mass is 336 g/mol. The Hall–Kier alpha value is -2.16. The molecule has 0 saturated carbocycles. The van der Waals surface area contributed by atoms with Crippen LogP contribution in [-0.2, 0) is 11.2 Å². The molecule has 0 radical (unpaired) electrons. The summed E-state index contributed by atoms with van der Waals surface area (Å²) in [4.78, 5) is 19.4. The Morgan fingerprint density at radius 2 is 1.92 bits per heavy atom. The second kappa shape index (κ2) is 8.80. The Labute approximate surface area is 151 Å². The van der Waals surface area contributed by atoms with E-state index in [1.54, 1.807) is 0 Å². The van der Waals surface area contributed by atoms with Gasteiger partial charge in [0.1, 0.15) is 0 Å². The Morgan fingerprint density at radius 3 is 2.56 bits per heavy atom. The second-order valence-corrected chi connectivity index (χ2v) is 7.09. The van der Waals surface area contributed by atoms with Crippen LogP contribution >= 0.6 is 0 Å². The van der Waals surface area contributed by atoms with Gasteiger partial charge in [-0.25, -0.2) is 0 Å². The van der Waals surface area contributed by atoms with Gasteiger partial charge >= 0.3 is 0 Å². The zero-order valence-corrected chi connectivity index (χ0v) is 15.1. The van der Waals surface area contributed by atoms with Crippen LogP contribution in [0.5, 0.6) is 0 Å². The van der Waals surface area contributed by atoms with Crippen molar-refractivity contribution < 1.29 is 4.79 Å². The quantitative estimate of drug-likeness (QED) is 0.781. The summed E-state index contributed by atoms with van der Waals surface area (Å²) < 4.78 is 0. The van der Waals surface area contributed by atoms with Gasteiger partial charge in [-0.2, -0.15) is 0 Å². The summed E-state index contributed by atoms with van der Waals surface area (Å²) in [6, 6.07) is 14.4. The molecular weight excluding hydrogens is 308 g/mol. The number of carbonyl (C=O) groups excluding carboxylic acids is 1. The van der Waals surface area contributed by atoms with E-state index in [-0.39, 0.29) is 5.92 Å². The van der Waals surface area contributed by atoms with Crippen molar-refractivity contribution in [1.82, 2.24) is 9.88 Å². The molecule has 1 aromatic carbocycles. The average Bonchev–Trinajstić information content (AvgIpc) is 2.68. The maximum Gasteiger partial charge on any atom is 0.230 e. The van der Waals surface area contributed by atoms with Gasteiger partial charge in [-0.3, -0.25) is 9.78 Å². The maximum atomic E-state index is 13.1. The number of hydrogen-bond donors (Lipinski definition) is 0. The number of hydrogen-bond acceptors (Lipinski definition) is 2. The third-order valence-corrected chi connectivity index (χ3v) is 5.25. The number of carbonyl (C=O) groups is 1. The van der Waals surface area contributed by atoms with Gasteiger partial charge in [0.2, 0.25) is 5.91 Å². The van der Waals surface area contributed by atoms with Gasteiger partial charge in [-0.1, -0.05) is 49.7 Å². The smallest absolute Gasteiger partial charge is 0.230 e. The fraction of sp³-hybridized carbons (Fsp3) is 0.455. The number of piperidine rings is 1. The van der Waals surface area contributed by atoms with Crippen LogP contribution in [0.4, 0.5) is 0 Å². The first kappa shape index (κ1) is 17.7. The number of nitrogens with zero attached hydrogens (tertiary/aromatic N) is 2. The van der Waals surface area contributed by atoms with Crippen molar-refractivity contribution in [2.45, 2.75) is 44.9 Å². The molecule has 0 unspecified atom stereocenters. The molecule has 1 fully saturated rings. The summed E-state index contributed by atoms with van der Waals surface area (Å²) >= 11 is 0. The number of aromatic nitrogens is 1. The lowest BCUT2D eigenvalue weighted by atomic mass is 9.88. The SMILES string of the molecule is CCC[C@H](C(=O)N1CCC(Cc2cccnc2)CC1)c1ccccc1. The van der Waals surface area contributed by atoms with E-state index in [4.69, 9.17) is 0 Å². The van der Waals surface area contributed by atoms with E-state index in [0.717, 1.165) is 50.8 Å². The van der Waals surface area contributed by atoms with E-state index >= 15 is 0 Å². The molecule has 0 spiro atoms. The summed E-state index contributed by atoms with van der Waals surface area (Å²) in [6.07, 6.45) is 9.00. The fourth-order valence-corrected chi connectivity index (χ4v) is 3.84. The van der Waals surface area contributed by atoms with E-state index in [2.05, 4.69) is 35.0 Å². The lowest BCUT2D eigenvalue weighted by Gasteiger charge is -2.34. The molecule has 3 heteroatoms. The van der Waals surface area contributed by atoms with Gasteiger partial charge in [0.15, 0.2) is 0 Å². The van der Waals surface area contributed by atoms with Crippen molar-refractivity contribution in [3.05, 3.63) is 66.0 Å². The third kappa shape index (κ3) is 4.68. The predicted octanol–water partition coefficient (Wildman–Crippen LogP) is 4.45. The van der Waals surface area contributed by atoms with Crippen LogP contribution in [0.1, 0.15) is 49.7 Å². The van der Waals surface area contributed by atoms with Gasteiger partial charge in [0.25, 0.3) is 0 Å². The first-order valence-electron chi connectivity index (χ1n) is 9.50. The lowest BCUT2D eigenvalue weighted by Crippen LogP contribution is -2.41. The molecular formula is C22H28N2O. The van der Waals surface area contributed by atoms with Gasteiger partial charge in [0.05, 0.1) is 5.92 Å². The summed E-state index contributed by atoms with van der Waals surface area (Å²) in [5.74, 6) is 0.989. The highest BCUT2D eigenvalue weighted by Crippen LogP contribution is 2.27. The van der Waals surface area contributed by atoms with Crippen molar-refractivity contribution in [2.75, 3.05) is 13.1 Å². The molecule has 1 atom stereocenters. The third-order valence-electron chi connectivity index (χ3n) is 5.25. The first-order chi connectivity index (χ1) is 12.3. The average molecular weight is 336 g/mol. The zero-order valence-electron chi connectivity index (χ0n) is 15.1. The first-order valence-corrected chi connectivity index (χ1v) is 9.50. The molecule has 0 bridgehead atoms. The Morgan fingerprint density at radius 1 is 1.16 bits per heavy atom. The van der Waals surface area contributed by atoms with E-state index in [1.807, 2.05) is 36.7 Å². The topological polar surface area (TPSA) is 33.2 Å². The minimum Gasteiger partial charge on any atom is -0.342 e. The van der Waals surface area contributed by atoms with Gasteiger partial charge in [-0.05, 0) is 48.8 Å². The van der Waals surface area contributed by atoms with Crippen LogP contribution in [0.3, 0.4) is 0 Å². The molecule has 1 aromatic heterocycles. The number of amides is 1.